The minimum absolute atomic E-state index is 0.0892. The molecule has 0 aliphatic rings. The molecule has 0 bridgehead atoms. The Balaban J connectivity index is 2.04. The third-order valence-corrected chi connectivity index (χ3v) is 3.80. The Morgan fingerprint density at radius 3 is 2.50 bits per heavy atom. The Labute approximate surface area is 137 Å². The van der Waals surface area contributed by atoms with Crippen molar-refractivity contribution < 1.29 is 10.2 Å². The summed E-state index contributed by atoms with van der Waals surface area (Å²) in [5.74, 6) is 0.110. The Kier molecular flexibility index (Phi) is 3.92. The molecule has 0 aliphatic carbocycles. The van der Waals surface area contributed by atoms with E-state index in [-0.39, 0.29) is 16.5 Å². The van der Waals surface area contributed by atoms with Gasteiger partial charge in [0.25, 0.3) is 0 Å². The first-order chi connectivity index (χ1) is 10.5. The van der Waals surface area contributed by atoms with Gasteiger partial charge < -0.3 is 10.2 Å². The molecule has 3 aromatic rings. The molecule has 1 aromatic heterocycles. The summed E-state index contributed by atoms with van der Waals surface area (Å²) < 4.78 is 0. The van der Waals surface area contributed by atoms with Gasteiger partial charge in [0.15, 0.2) is 5.75 Å². The normalized spacial score (nSPS) is 11.4. The van der Waals surface area contributed by atoms with Crippen molar-refractivity contribution in [2.75, 3.05) is 0 Å². The second kappa shape index (κ2) is 5.87. The molecule has 3 rings (SSSR count). The first-order valence-corrected chi connectivity index (χ1v) is 7.25. The third kappa shape index (κ3) is 2.86. The van der Waals surface area contributed by atoms with Gasteiger partial charge in [0.05, 0.1) is 15.7 Å². The van der Waals surface area contributed by atoms with Gasteiger partial charge in [-0.3, -0.25) is 0 Å². The zero-order valence-corrected chi connectivity index (χ0v) is 12.8. The highest BCUT2D eigenvalue weighted by molar-refractivity contribution is 6.39. The molecule has 0 saturated carbocycles. The molecule has 2 N–H and O–H groups in total. The number of fused-ring (bicyclic) bond motifs is 1. The van der Waals surface area contributed by atoms with Crippen LogP contribution in [0.15, 0.2) is 42.5 Å². The van der Waals surface area contributed by atoms with Crippen molar-refractivity contribution in [3.63, 3.8) is 0 Å². The smallest absolute Gasteiger partial charge is 0.160 e. The number of phenols is 2. The molecule has 0 atom stereocenters. The Morgan fingerprint density at radius 1 is 0.909 bits per heavy atom. The van der Waals surface area contributed by atoms with Gasteiger partial charge in [-0.05, 0) is 42.0 Å². The van der Waals surface area contributed by atoms with E-state index in [1.807, 2.05) is 12.1 Å². The first-order valence-electron chi connectivity index (χ1n) is 6.49. The molecule has 1 heterocycles. The highest BCUT2D eigenvalue weighted by Crippen LogP contribution is 2.36. The zero-order valence-electron chi connectivity index (χ0n) is 11.3. The molecule has 0 radical (unpaired) electrons. The van der Waals surface area contributed by atoms with Gasteiger partial charge in [-0.2, -0.15) is 0 Å². The van der Waals surface area contributed by atoms with Gasteiger partial charge in [0.1, 0.15) is 11.3 Å². The van der Waals surface area contributed by atoms with Gasteiger partial charge in [-0.1, -0.05) is 41.4 Å². The molecule has 0 saturated heterocycles. The van der Waals surface area contributed by atoms with Crippen molar-refractivity contribution in [2.24, 2.45) is 0 Å². The van der Waals surface area contributed by atoms with Crippen molar-refractivity contribution in [3.05, 3.63) is 63.8 Å². The number of pyridine rings is 1. The monoisotopic (exact) mass is 331 g/mol. The lowest BCUT2D eigenvalue weighted by atomic mass is 10.1. The maximum atomic E-state index is 10.0. The van der Waals surface area contributed by atoms with E-state index >= 15 is 0 Å². The van der Waals surface area contributed by atoms with Crippen LogP contribution < -0.4 is 0 Å². The van der Waals surface area contributed by atoms with E-state index in [0.717, 1.165) is 5.56 Å². The van der Waals surface area contributed by atoms with Crippen LogP contribution in [0.4, 0.5) is 0 Å². The lowest BCUT2D eigenvalue weighted by Crippen LogP contribution is -1.86. The molecule has 110 valence electrons. The number of phenolic OH excluding ortho intramolecular Hbond substituents is 2. The maximum Gasteiger partial charge on any atom is 0.160 e. The minimum atomic E-state index is -0.0892. The summed E-state index contributed by atoms with van der Waals surface area (Å²) in [5.41, 5.74) is 1.84. The quantitative estimate of drug-likeness (QED) is 0.684. The minimum Gasteiger partial charge on any atom is -0.508 e. The summed E-state index contributed by atoms with van der Waals surface area (Å²) in [6.45, 7) is 0. The van der Waals surface area contributed by atoms with Crippen LogP contribution in [0, 0.1) is 0 Å². The van der Waals surface area contributed by atoms with Crippen molar-refractivity contribution in [1.82, 2.24) is 4.98 Å². The van der Waals surface area contributed by atoms with Crippen LogP contribution >= 0.6 is 23.2 Å². The van der Waals surface area contributed by atoms with Crippen LogP contribution in [0.3, 0.4) is 0 Å². The fourth-order valence-electron chi connectivity index (χ4n) is 2.12. The van der Waals surface area contributed by atoms with Crippen LogP contribution in [0.5, 0.6) is 11.5 Å². The van der Waals surface area contributed by atoms with E-state index < -0.39 is 0 Å². The molecule has 3 nitrogen and oxygen atoms in total. The number of aromatic nitrogens is 1. The van der Waals surface area contributed by atoms with Crippen LogP contribution in [0.2, 0.25) is 10.0 Å². The molecule has 0 aliphatic heterocycles. The van der Waals surface area contributed by atoms with Crippen molar-refractivity contribution >= 4 is 46.3 Å². The highest BCUT2D eigenvalue weighted by Gasteiger charge is 2.10. The van der Waals surface area contributed by atoms with E-state index in [0.29, 0.717) is 21.6 Å². The number of aromatic hydroxyl groups is 2. The maximum absolute atomic E-state index is 10.0. The molecule has 0 spiro atoms. The first kappa shape index (κ1) is 14.7. The fourth-order valence-corrected chi connectivity index (χ4v) is 2.64. The molecular weight excluding hydrogens is 321 g/mol. The van der Waals surface area contributed by atoms with Crippen molar-refractivity contribution in [1.29, 1.82) is 0 Å². The number of hydrogen-bond acceptors (Lipinski definition) is 3. The van der Waals surface area contributed by atoms with Crippen LogP contribution in [0.1, 0.15) is 11.3 Å². The highest BCUT2D eigenvalue weighted by atomic mass is 35.5. The molecule has 22 heavy (non-hydrogen) atoms. The number of nitrogens with zero attached hydrogens (tertiary/aromatic N) is 1. The fraction of sp³-hybridized carbons (Fsp3) is 0. The molecular formula is C17H11Cl2NO2. The topological polar surface area (TPSA) is 53.4 Å². The average molecular weight is 332 g/mol. The van der Waals surface area contributed by atoms with Crippen LogP contribution in [-0.4, -0.2) is 15.2 Å². The number of hydrogen-bond donors (Lipinski definition) is 2. The van der Waals surface area contributed by atoms with E-state index in [1.165, 1.54) is 6.07 Å². The summed E-state index contributed by atoms with van der Waals surface area (Å²) in [6, 6.07) is 11.9. The Bertz CT molecular complexity index is 891. The average Bonchev–Trinajstić information content (AvgIpc) is 2.50. The Hall–Kier alpha value is -2.23. The van der Waals surface area contributed by atoms with E-state index in [2.05, 4.69) is 4.98 Å². The zero-order chi connectivity index (χ0) is 15.7. The van der Waals surface area contributed by atoms with Crippen molar-refractivity contribution in [2.45, 2.75) is 0 Å². The van der Waals surface area contributed by atoms with Gasteiger partial charge in [0.2, 0.25) is 0 Å². The second-order valence-electron chi connectivity index (χ2n) is 4.75. The summed E-state index contributed by atoms with van der Waals surface area (Å²) in [4.78, 5) is 4.37. The summed E-state index contributed by atoms with van der Waals surface area (Å²) >= 11 is 12.0. The number of rotatable bonds is 2. The molecule has 0 fully saturated rings. The Morgan fingerprint density at radius 2 is 1.73 bits per heavy atom. The summed E-state index contributed by atoms with van der Waals surface area (Å²) in [7, 11) is 0. The van der Waals surface area contributed by atoms with E-state index in [9.17, 15) is 10.2 Å². The number of halogens is 2. The van der Waals surface area contributed by atoms with E-state index in [4.69, 9.17) is 23.2 Å². The van der Waals surface area contributed by atoms with Gasteiger partial charge in [0, 0.05) is 5.39 Å². The van der Waals surface area contributed by atoms with Crippen LogP contribution in [0.25, 0.3) is 23.1 Å². The van der Waals surface area contributed by atoms with Gasteiger partial charge in [-0.25, -0.2) is 4.98 Å². The predicted molar refractivity (Wildman–Crippen MR) is 90.5 cm³/mol. The van der Waals surface area contributed by atoms with Crippen molar-refractivity contribution in [3.8, 4) is 11.5 Å². The summed E-state index contributed by atoms with van der Waals surface area (Å²) in [5, 5.41) is 20.7. The summed E-state index contributed by atoms with van der Waals surface area (Å²) in [6.07, 6.45) is 3.60. The largest absolute Gasteiger partial charge is 0.508 e. The predicted octanol–water partition coefficient (Wildman–Crippen LogP) is 5.12. The second-order valence-corrected chi connectivity index (χ2v) is 5.56. The van der Waals surface area contributed by atoms with Gasteiger partial charge >= 0.3 is 0 Å². The SMILES string of the molecule is Oc1cccc(C=Cc2ccc3c(Cl)cc(Cl)c(O)c3n2)c1. The lowest BCUT2D eigenvalue weighted by Gasteiger charge is -2.05. The molecule has 0 unspecified atom stereocenters. The number of benzene rings is 2. The van der Waals surface area contributed by atoms with E-state index in [1.54, 1.807) is 36.4 Å². The standard InChI is InChI=1S/C17H11Cl2NO2/c18-14-9-15(19)17(22)16-13(14)7-6-11(20-16)5-4-10-2-1-3-12(21)8-10/h1-9,21-22H. The molecule has 2 aromatic carbocycles. The molecule has 0 amide bonds. The van der Waals surface area contributed by atoms with Crippen LogP contribution in [-0.2, 0) is 0 Å². The van der Waals surface area contributed by atoms with Gasteiger partial charge in [-0.15, -0.1) is 0 Å². The third-order valence-electron chi connectivity index (χ3n) is 3.19. The lowest BCUT2D eigenvalue weighted by molar-refractivity contribution is 0.475. The molecule has 5 heteroatoms.